The van der Waals surface area contributed by atoms with E-state index in [-0.39, 0.29) is 6.03 Å². The molecule has 0 aliphatic carbocycles. The molecule has 0 spiro atoms. The number of nitrogens with one attached hydrogen (secondary N) is 2. The summed E-state index contributed by atoms with van der Waals surface area (Å²) < 4.78 is 16.0. The van der Waals surface area contributed by atoms with Gasteiger partial charge in [-0.05, 0) is 38.5 Å². The molecular formula is C16H19N3O4. The van der Waals surface area contributed by atoms with Crippen molar-refractivity contribution in [3.05, 3.63) is 35.6 Å². The summed E-state index contributed by atoms with van der Waals surface area (Å²) >= 11 is 0. The largest absolute Gasteiger partial charge is 0.486 e. The van der Waals surface area contributed by atoms with Crippen molar-refractivity contribution in [1.29, 1.82) is 0 Å². The number of hydrogen-bond donors (Lipinski definition) is 2. The van der Waals surface area contributed by atoms with Crippen LogP contribution in [0.2, 0.25) is 0 Å². The summed E-state index contributed by atoms with van der Waals surface area (Å²) in [6.07, 6.45) is 0. The maximum Gasteiger partial charge on any atom is 0.321 e. The lowest BCUT2D eigenvalue weighted by atomic mass is 9.94. The highest BCUT2D eigenvalue weighted by Gasteiger charge is 2.25. The number of nitrogens with zero attached hydrogens (tertiary/aromatic N) is 1. The van der Waals surface area contributed by atoms with Crippen molar-refractivity contribution in [3.8, 4) is 11.5 Å². The van der Waals surface area contributed by atoms with Gasteiger partial charge in [0.05, 0.1) is 5.54 Å². The molecule has 2 aromatic rings. The number of carbonyl (C=O) groups is 1. The average Bonchev–Trinajstić information content (AvgIpc) is 2.91. The zero-order chi connectivity index (χ0) is 16.4. The summed E-state index contributed by atoms with van der Waals surface area (Å²) in [6.45, 7) is 6.65. The van der Waals surface area contributed by atoms with Crippen LogP contribution in [-0.2, 0) is 5.54 Å². The minimum Gasteiger partial charge on any atom is -0.486 e. The van der Waals surface area contributed by atoms with Crippen LogP contribution in [0.3, 0.4) is 0 Å². The fourth-order valence-corrected chi connectivity index (χ4v) is 2.36. The van der Waals surface area contributed by atoms with Crippen LogP contribution in [0, 0.1) is 6.92 Å². The number of aromatic nitrogens is 1. The van der Waals surface area contributed by atoms with E-state index in [9.17, 15) is 4.79 Å². The number of anilines is 1. The molecule has 2 amide bonds. The van der Waals surface area contributed by atoms with Crippen molar-refractivity contribution in [2.24, 2.45) is 0 Å². The summed E-state index contributed by atoms with van der Waals surface area (Å²) in [5.74, 6) is 2.42. The number of aryl methyl sites for hydroxylation is 1. The third-order valence-electron chi connectivity index (χ3n) is 3.56. The van der Waals surface area contributed by atoms with Gasteiger partial charge in [0, 0.05) is 6.07 Å². The van der Waals surface area contributed by atoms with Gasteiger partial charge in [-0.2, -0.15) is 0 Å². The molecule has 1 aliphatic heterocycles. The first-order valence-corrected chi connectivity index (χ1v) is 7.37. The van der Waals surface area contributed by atoms with Gasteiger partial charge in [0.2, 0.25) is 0 Å². The molecule has 3 rings (SSSR count). The molecule has 0 atom stereocenters. The van der Waals surface area contributed by atoms with Gasteiger partial charge >= 0.3 is 6.03 Å². The van der Waals surface area contributed by atoms with Gasteiger partial charge in [-0.3, -0.25) is 5.32 Å². The number of fused-ring (bicyclic) bond motifs is 1. The van der Waals surface area contributed by atoms with E-state index in [4.69, 9.17) is 14.0 Å². The SMILES string of the molecule is Cc1cc(NC(=O)NC(C)(C)c2ccc3c(c2)OCCO3)no1. The molecule has 23 heavy (non-hydrogen) atoms. The van der Waals surface area contributed by atoms with Gasteiger partial charge in [0.15, 0.2) is 17.3 Å². The molecule has 1 aromatic heterocycles. The summed E-state index contributed by atoms with van der Waals surface area (Å²) in [5, 5.41) is 9.28. The molecule has 1 aliphatic rings. The van der Waals surface area contributed by atoms with Crippen molar-refractivity contribution in [2.75, 3.05) is 18.5 Å². The molecule has 122 valence electrons. The number of benzene rings is 1. The second-order valence-electron chi connectivity index (χ2n) is 5.89. The summed E-state index contributed by atoms with van der Waals surface area (Å²) in [4.78, 5) is 12.1. The van der Waals surface area contributed by atoms with E-state index in [1.54, 1.807) is 13.0 Å². The summed E-state index contributed by atoms with van der Waals surface area (Å²) in [7, 11) is 0. The van der Waals surface area contributed by atoms with Crippen molar-refractivity contribution in [1.82, 2.24) is 10.5 Å². The van der Waals surface area contributed by atoms with Crippen LogP contribution in [0.15, 0.2) is 28.8 Å². The second kappa shape index (κ2) is 5.83. The lowest BCUT2D eigenvalue weighted by Crippen LogP contribution is -2.43. The van der Waals surface area contributed by atoms with Crippen molar-refractivity contribution in [2.45, 2.75) is 26.3 Å². The Bertz CT molecular complexity index is 724. The van der Waals surface area contributed by atoms with Crippen LogP contribution < -0.4 is 20.1 Å². The molecule has 0 saturated heterocycles. The predicted molar refractivity (Wildman–Crippen MR) is 83.9 cm³/mol. The van der Waals surface area contributed by atoms with Crippen LogP contribution >= 0.6 is 0 Å². The van der Waals surface area contributed by atoms with Gasteiger partial charge in [0.25, 0.3) is 0 Å². The van der Waals surface area contributed by atoms with Crippen LogP contribution in [-0.4, -0.2) is 24.4 Å². The zero-order valence-electron chi connectivity index (χ0n) is 13.3. The Kier molecular flexibility index (Phi) is 3.85. The number of urea groups is 1. The van der Waals surface area contributed by atoms with Gasteiger partial charge in [-0.15, -0.1) is 0 Å². The van der Waals surface area contributed by atoms with E-state index in [2.05, 4.69) is 15.8 Å². The second-order valence-corrected chi connectivity index (χ2v) is 5.89. The highest BCUT2D eigenvalue weighted by molar-refractivity contribution is 5.88. The number of rotatable bonds is 3. The third kappa shape index (κ3) is 3.39. The van der Waals surface area contributed by atoms with E-state index in [0.29, 0.717) is 30.5 Å². The first-order chi connectivity index (χ1) is 10.9. The maximum atomic E-state index is 12.1. The topological polar surface area (TPSA) is 85.6 Å². The average molecular weight is 317 g/mol. The molecule has 1 aromatic carbocycles. The molecule has 7 nitrogen and oxygen atoms in total. The molecule has 0 saturated carbocycles. The first kappa shape index (κ1) is 15.2. The highest BCUT2D eigenvalue weighted by Crippen LogP contribution is 2.34. The van der Waals surface area contributed by atoms with E-state index in [0.717, 1.165) is 11.3 Å². The van der Waals surface area contributed by atoms with Gasteiger partial charge in [-0.1, -0.05) is 11.2 Å². The summed E-state index contributed by atoms with van der Waals surface area (Å²) in [5.41, 5.74) is 0.312. The molecular weight excluding hydrogens is 298 g/mol. The minimum atomic E-state index is -0.599. The smallest absolute Gasteiger partial charge is 0.321 e. The van der Waals surface area contributed by atoms with E-state index >= 15 is 0 Å². The monoisotopic (exact) mass is 317 g/mol. The molecule has 0 bridgehead atoms. The Balaban J connectivity index is 1.71. The summed E-state index contributed by atoms with van der Waals surface area (Å²) in [6, 6.07) is 6.93. The Labute approximate surface area is 133 Å². The fraction of sp³-hybridized carbons (Fsp3) is 0.375. The first-order valence-electron chi connectivity index (χ1n) is 7.37. The van der Waals surface area contributed by atoms with Crippen molar-refractivity contribution >= 4 is 11.8 Å². The van der Waals surface area contributed by atoms with Crippen LogP contribution in [0.1, 0.15) is 25.2 Å². The van der Waals surface area contributed by atoms with Gasteiger partial charge in [-0.25, -0.2) is 4.79 Å². The predicted octanol–water partition coefficient (Wildman–Crippen LogP) is 2.81. The Morgan fingerprint density at radius 1 is 1.17 bits per heavy atom. The number of hydrogen-bond acceptors (Lipinski definition) is 5. The molecule has 0 fully saturated rings. The lowest BCUT2D eigenvalue weighted by molar-refractivity contribution is 0.171. The lowest BCUT2D eigenvalue weighted by Gasteiger charge is -2.28. The number of carbonyl (C=O) groups excluding carboxylic acids is 1. The van der Waals surface area contributed by atoms with Crippen LogP contribution in [0.25, 0.3) is 0 Å². The molecule has 2 N–H and O–H groups in total. The van der Waals surface area contributed by atoms with Crippen molar-refractivity contribution < 1.29 is 18.8 Å². The zero-order valence-corrected chi connectivity index (χ0v) is 13.3. The molecule has 7 heteroatoms. The minimum absolute atomic E-state index is 0.363. The Morgan fingerprint density at radius 3 is 2.61 bits per heavy atom. The molecule has 2 heterocycles. The number of amides is 2. The van der Waals surface area contributed by atoms with E-state index in [1.165, 1.54) is 0 Å². The maximum absolute atomic E-state index is 12.1. The fourth-order valence-electron chi connectivity index (χ4n) is 2.36. The third-order valence-corrected chi connectivity index (χ3v) is 3.56. The van der Waals surface area contributed by atoms with Crippen molar-refractivity contribution in [3.63, 3.8) is 0 Å². The molecule has 0 radical (unpaired) electrons. The quantitative estimate of drug-likeness (QED) is 0.909. The van der Waals surface area contributed by atoms with Crippen LogP contribution in [0.4, 0.5) is 10.6 Å². The normalized spacial score (nSPS) is 13.5. The number of ether oxygens (including phenoxy) is 2. The van der Waals surface area contributed by atoms with Gasteiger partial charge in [0.1, 0.15) is 19.0 Å². The van der Waals surface area contributed by atoms with E-state index in [1.807, 2.05) is 32.0 Å². The standard InChI is InChI=1S/C16H19N3O4/c1-10-8-14(19-23-10)17-15(20)18-16(2,3)11-4-5-12-13(9-11)22-7-6-21-12/h4-5,8-9H,6-7H2,1-3H3,(H2,17,18,19,20). The van der Waals surface area contributed by atoms with Gasteiger partial charge < -0.3 is 19.3 Å². The molecule has 0 unspecified atom stereocenters. The Morgan fingerprint density at radius 2 is 1.91 bits per heavy atom. The highest BCUT2D eigenvalue weighted by atomic mass is 16.6. The Hall–Kier alpha value is -2.70. The van der Waals surface area contributed by atoms with Crippen LogP contribution in [0.5, 0.6) is 11.5 Å². The van der Waals surface area contributed by atoms with E-state index < -0.39 is 5.54 Å².